The molecule has 0 saturated carbocycles. The van der Waals surface area contributed by atoms with E-state index in [-0.39, 0.29) is 12.3 Å². The molecule has 0 fully saturated rings. The van der Waals surface area contributed by atoms with E-state index in [0.29, 0.717) is 27.0 Å². The zero-order valence-electron chi connectivity index (χ0n) is 16.8. The van der Waals surface area contributed by atoms with Crippen molar-refractivity contribution < 1.29 is 17.9 Å². The smallest absolute Gasteiger partial charge is 0.403 e. The van der Waals surface area contributed by atoms with Crippen LogP contribution in [0.2, 0.25) is 4.34 Å². The van der Waals surface area contributed by atoms with Gasteiger partial charge in [0.25, 0.3) is 0 Å². The Labute approximate surface area is 187 Å². The Morgan fingerprint density at radius 3 is 2.60 bits per heavy atom. The molecule has 0 spiro atoms. The maximum Gasteiger partial charge on any atom is 0.403 e. The molecule has 2 atom stereocenters. The summed E-state index contributed by atoms with van der Waals surface area (Å²) in [6, 6.07) is 3.80. The molecule has 2 unspecified atom stereocenters. The molecule has 30 heavy (non-hydrogen) atoms. The van der Waals surface area contributed by atoms with E-state index in [2.05, 4.69) is 16.0 Å². The number of allylic oxidation sites excluding steroid dienone is 1. The minimum absolute atomic E-state index is 0.140. The van der Waals surface area contributed by atoms with Gasteiger partial charge in [-0.25, -0.2) is 9.38 Å². The van der Waals surface area contributed by atoms with Crippen LogP contribution in [0.5, 0.6) is 5.75 Å². The van der Waals surface area contributed by atoms with Gasteiger partial charge in [0.05, 0.1) is 24.4 Å². The molecule has 0 aliphatic carbocycles. The number of aryl methyl sites for hydroxylation is 1. The van der Waals surface area contributed by atoms with Crippen LogP contribution in [0.15, 0.2) is 34.9 Å². The van der Waals surface area contributed by atoms with Gasteiger partial charge < -0.3 is 4.74 Å². The number of aromatic nitrogens is 1. The highest BCUT2D eigenvalue weighted by molar-refractivity contribution is 7.99. The number of rotatable bonds is 7. The third-order valence-electron chi connectivity index (χ3n) is 5.09. The van der Waals surface area contributed by atoms with Gasteiger partial charge in [-0.2, -0.15) is 13.2 Å². The van der Waals surface area contributed by atoms with Crippen LogP contribution in [0.4, 0.5) is 13.2 Å². The predicted molar refractivity (Wildman–Crippen MR) is 119 cm³/mol. The highest BCUT2D eigenvalue weighted by Crippen LogP contribution is 2.44. The normalized spacial score (nSPS) is 19.1. The Bertz CT molecular complexity index is 972. The molecule has 2 heterocycles. The van der Waals surface area contributed by atoms with Gasteiger partial charge in [0.1, 0.15) is 20.3 Å². The van der Waals surface area contributed by atoms with Crippen LogP contribution < -0.4 is 4.74 Å². The number of nitrogens with zero attached hydrogens (tertiary/aromatic N) is 2. The van der Waals surface area contributed by atoms with Crippen molar-refractivity contribution >= 4 is 40.6 Å². The lowest BCUT2D eigenvalue weighted by Crippen LogP contribution is -2.38. The summed E-state index contributed by atoms with van der Waals surface area (Å²) in [6.45, 7) is 9.71. The second-order valence-corrected chi connectivity index (χ2v) is 9.92. The van der Waals surface area contributed by atoms with Gasteiger partial charge in [-0.05, 0) is 68.3 Å². The van der Waals surface area contributed by atoms with Gasteiger partial charge in [-0.15, -0.1) is 17.9 Å². The fourth-order valence-electron chi connectivity index (χ4n) is 3.23. The fraction of sp³-hybridized carbons (Fsp3) is 0.429. The summed E-state index contributed by atoms with van der Waals surface area (Å²) in [4.78, 5) is 4.11. The second-order valence-electron chi connectivity index (χ2n) is 7.36. The Hall–Kier alpha value is -1.51. The molecular weight excluding hydrogens is 453 g/mol. The van der Waals surface area contributed by atoms with E-state index in [1.165, 1.54) is 11.8 Å². The van der Waals surface area contributed by atoms with Crippen molar-refractivity contribution in [1.82, 2.24) is 4.98 Å². The first-order valence-electron chi connectivity index (χ1n) is 9.36. The van der Waals surface area contributed by atoms with Gasteiger partial charge in [0, 0.05) is 0 Å². The SMILES string of the molecule is C=C(C)CCc1ccc(OCC2C(c3ncc(Cl)s3)=NSC2C(F)(F)F)c(C)c1C. The predicted octanol–water partition coefficient (Wildman–Crippen LogP) is 7.00. The molecule has 1 aliphatic rings. The highest BCUT2D eigenvalue weighted by Gasteiger charge is 2.51. The molecule has 0 saturated heterocycles. The van der Waals surface area contributed by atoms with Crippen LogP contribution in [0.25, 0.3) is 0 Å². The lowest BCUT2D eigenvalue weighted by atomic mass is 9.97. The number of hydrogen-bond acceptors (Lipinski definition) is 5. The van der Waals surface area contributed by atoms with Gasteiger partial charge in [0.15, 0.2) is 0 Å². The quantitative estimate of drug-likeness (QED) is 0.320. The van der Waals surface area contributed by atoms with Crippen LogP contribution >= 0.6 is 34.9 Å². The van der Waals surface area contributed by atoms with Crippen LogP contribution in [0.1, 0.15) is 35.0 Å². The van der Waals surface area contributed by atoms with E-state index in [4.69, 9.17) is 16.3 Å². The molecule has 162 valence electrons. The van der Waals surface area contributed by atoms with E-state index >= 15 is 0 Å². The fourth-order valence-corrected chi connectivity index (χ4v) is 5.18. The second kappa shape index (κ2) is 9.32. The largest absolute Gasteiger partial charge is 0.493 e. The zero-order valence-corrected chi connectivity index (χ0v) is 19.2. The lowest BCUT2D eigenvalue weighted by Gasteiger charge is -2.23. The van der Waals surface area contributed by atoms with Crippen LogP contribution in [-0.4, -0.2) is 28.7 Å². The van der Waals surface area contributed by atoms with Crippen LogP contribution in [0.3, 0.4) is 0 Å². The maximum absolute atomic E-state index is 13.6. The summed E-state index contributed by atoms with van der Waals surface area (Å²) < 4.78 is 51.1. The third-order valence-corrected chi connectivity index (χ3v) is 7.35. The van der Waals surface area contributed by atoms with Crippen LogP contribution in [0, 0.1) is 19.8 Å². The molecule has 1 aliphatic heterocycles. The van der Waals surface area contributed by atoms with E-state index in [1.807, 2.05) is 32.9 Å². The van der Waals surface area contributed by atoms with Gasteiger partial charge in [0.2, 0.25) is 0 Å². The summed E-state index contributed by atoms with van der Waals surface area (Å²) in [5, 5.41) is -1.28. The van der Waals surface area contributed by atoms with E-state index in [0.717, 1.165) is 40.9 Å². The molecular formula is C21H22ClF3N2OS2. The maximum atomic E-state index is 13.6. The van der Waals surface area contributed by atoms with Crippen molar-refractivity contribution in [2.24, 2.45) is 10.3 Å². The summed E-state index contributed by atoms with van der Waals surface area (Å²) in [5.74, 6) is -0.374. The molecule has 0 bridgehead atoms. The van der Waals surface area contributed by atoms with Crippen molar-refractivity contribution in [2.75, 3.05) is 6.61 Å². The summed E-state index contributed by atoms with van der Waals surface area (Å²) in [7, 11) is 0. The molecule has 0 radical (unpaired) electrons. The summed E-state index contributed by atoms with van der Waals surface area (Å²) in [5.41, 5.74) is 4.60. The molecule has 9 heteroatoms. The number of alkyl halides is 3. The molecule has 1 aromatic carbocycles. The number of benzene rings is 1. The summed E-state index contributed by atoms with van der Waals surface area (Å²) in [6.07, 6.45) is -1.21. The minimum atomic E-state index is -4.40. The van der Waals surface area contributed by atoms with Gasteiger partial charge >= 0.3 is 6.18 Å². The average molecular weight is 475 g/mol. The number of thiazole rings is 1. The third kappa shape index (κ3) is 5.21. The van der Waals surface area contributed by atoms with Crippen molar-refractivity contribution in [1.29, 1.82) is 0 Å². The molecule has 0 amide bonds. The van der Waals surface area contributed by atoms with E-state index < -0.39 is 17.3 Å². The first kappa shape index (κ1) is 23.2. The monoisotopic (exact) mass is 474 g/mol. The Kier molecular flexibility index (Phi) is 7.20. The van der Waals surface area contributed by atoms with Crippen molar-refractivity contribution in [3.05, 3.63) is 56.5 Å². The zero-order chi connectivity index (χ0) is 22.1. The minimum Gasteiger partial charge on any atom is -0.493 e. The van der Waals surface area contributed by atoms with Crippen LogP contribution in [-0.2, 0) is 6.42 Å². The van der Waals surface area contributed by atoms with Gasteiger partial charge in [-0.1, -0.05) is 23.2 Å². The molecule has 2 aromatic rings. The van der Waals surface area contributed by atoms with Crippen molar-refractivity contribution in [3.8, 4) is 5.75 Å². The number of hydrogen-bond donors (Lipinski definition) is 0. The molecule has 3 rings (SSSR count). The Morgan fingerprint density at radius 1 is 1.27 bits per heavy atom. The molecule has 3 nitrogen and oxygen atoms in total. The topological polar surface area (TPSA) is 34.5 Å². The average Bonchev–Trinajstić information content (AvgIpc) is 3.27. The molecule has 1 aromatic heterocycles. The summed E-state index contributed by atoms with van der Waals surface area (Å²) >= 11 is 7.56. The first-order chi connectivity index (χ1) is 14.1. The Morgan fingerprint density at radius 2 is 2.00 bits per heavy atom. The van der Waals surface area contributed by atoms with E-state index in [1.54, 1.807) is 0 Å². The number of halogens is 4. The number of ether oxygens (including phenoxy) is 1. The van der Waals surface area contributed by atoms with Crippen molar-refractivity contribution in [3.63, 3.8) is 0 Å². The lowest BCUT2D eigenvalue weighted by molar-refractivity contribution is -0.134. The first-order valence-corrected chi connectivity index (χ1v) is 11.4. The van der Waals surface area contributed by atoms with E-state index in [9.17, 15) is 13.2 Å². The molecule has 0 N–H and O–H groups in total. The van der Waals surface area contributed by atoms with Crippen molar-refractivity contribution in [2.45, 2.75) is 45.0 Å². The highest BCUT2D eigenvalue weighted by atomic mass is 35.5. The Balaban J connectivity index is 1.80. The standard InChI is InChI=1S/C21H22ClF3N2OS2/c1-11(2)5-6-14-7-8-16(13(4)12(14)3)28-10-15-18(20-26-9-17(22)29-20)27-30-19(15)21(23,24)25/h7-9,15,19H,1,5-6,10H2,2-4H3. The van der Waals surface area contributed by atoms with Gasteiger partial charge in [-0.3, -0.25) is 0 Å².